The van der Waals surface area contributed by atoms with Crippen LogP contribution in [0.15, 0.2) is 24.5 Å². The third-order valence-electron chi connectivity index (χ3n) is 2.17. The van der Waals surface area contributed by atoms with Crippen LogP contribution in [0.2, 0.25) is 0 Å². The highest BCUT2D eigenvalue weighted by Gasteiger charge is 2.48. The monoisotopic (exact) mass is 221 g/mol. The topological polar surface area (TPSA) is 51.7 Å². The normalized spacial score (nSPS) is 23.9. The molecule has 1 aromatic heterocycles. The number of esters is 1. The number of nitrogens with zero attached hydrogens (tertiary/aromatic N) is 1. The lowest BCUT2D eigenvalue weighted by Crippen LogP contribution is -2.26. The lowest BCUT2D eigenvalue weighted by atomic mass is 10.1. The van der Waals surface area contributed by atoms with Gasteiger partial charge in [-0.1, -0.05) is 0 Å². The highest BCUT2D eigenvalue weighted by Crippen LogP contribution is 2.39. The van der Waals surface area contributed by atoms with Gasteiger partial charge in [0.2, 0.25) is 0 Å². The maximum atomic E-state index is 11.6. The number of ether oxygens (including phenoxy) is 2. The van der Waals surface area contributed by atoms with Crippen LogP contribution in [0.1, 0.15) is 32.4 Å². The van der Waals surface area contributed by atoms with E-state index in [0.29, 0.717) is 0 Å². The van der Waals surface area contributed by atoms with Gasteiger partial charge in [-0.05, 0) is 38.5 Å². The lowest BCUT2D eigenvalue weighted by molar-refractivity contribution is -0.156. The average Bonchev–Trinajstić information content (AvgIpc) is 2.96. The summed E-state index contributed by atoms with van der Waals surface area (Å²) in [6.45, 7) is 5.53. The van der Waals surface area contributed by atoms with E-state index >= 15 is 0 Å². The van der Waals surface area contributed by atoms with Crippen LogP contribution in [0, 0.1) is 0 Å². The molecule has 2 atom stereocenters. The van der Waals surface area contributed by atoms with Crippen LogP contribution in [0.5, 0.6) is 0 Å². The summed E-state index contributed by atoms with van der Waals surface area (Å²) in [5.41, 5.74) is 0.497. The third kappa shape index (κ3) is 2.58. The molecule has 0 N–H and O–H groups in total. The fourth-order valence-corrected chi connectivity index (χ4v) is 1.46. The average molecular weight is 221 g/mol. The molecule has 1 saturated heterocycles. The Morgan fingerprint density at radius 2 is 2.00 bits per heavy atom. The summed E-state index contributed by atoms with van der Waals surface area (Å²) in [6.07, 6.45) is 2.74. The van der Waals surface area contributed by atoms with Gasteiger partial charge in [-0.2, -0.15) is 0 Å². The van der Waals surface area contributed by atoms with Crippen LogP contribution < -0.4 is 0 Å². The van der Waals surface area contributed by atoms with Gasteiger partial charge in [-0.25, -0.2) is 4.79 Å². The predicted molar refractivity (Wildman–Crippen MR) is 57.7 cm³/mol. The molecule has 0 radical (unpaired) electrons. The van der Waals surface area contributed by atoms with Gasteiger partial charge in [0.15, 0.2) is 6.10 Å². The summed E-state index contributed by atoms with van der Waals surface area (Å²) >= 11 is 0. The first-order valence-corrected chi connectivity index (χ1v) is 5.25. The van der Waals surface area contributed by atoms with Crippen molar-refractivity contribution < 1.29 is 14.3 Å². The first-order valence-electron chi connectivity index (χ1n) is 5.25. The number of epoxide rings is 1. The fraction of sp³-hybridized carbons (Fsp3) is 0.500. The number of hydrogen-bond donors (Lipinski definition) is 0. The smallest absolute Gasteiger partial charge is 0.338 e. The molecule has 0 aliphatic carbocycles. The van der Waals surface area contributed by atoms with Crippen LogP contribution in [0.4, 0.5) is 0 Å². The molecule has 4 nitrogen and oxygen atoms in total. The standard InChI is InChI=1S/C12H15NO3/c1-12(2,3)16-11(14)10-9(15-10)8-4-6-13-7-5-8/h4-7,9-10H,1-3H3/t9-,10-/m0/s1. The third-order valence-corrected chi connectivity index (χ3v) is 2.17. The minimum absolute atomic E-state index is 0.169. The van der Waals surface area contributed by atoms with E-state index < -0.39 is 11.7 Å². The van der Waals surface area contributed by atoms with E-state index in [-0.39, 0.29) is 12.1 Å². The molecule has 0 aromatic carbocycles. The number of rotatable bonds is 2. The zero-order valence-electron chi connectivity index (χ0n) is 9.64. The molecule has 4 heteroatoms. The van der Waals surface area contributed by atoms with Crippen molar-refractivity contribution in [3.8, 4) is 0 Å². The first-order chi connectivity index (χ1) is 7.47. The molecule has 1 fully saturated rings. The Kier molecular flexibility index (Phi) is 2.68. The maximum Gasteiger partial charge on any atom is 0.338 e. The van der Waals surface area contributed by atoms with E-state index in [0.717, 1.165) is 5.56 Å². The van der Waals surface area contributed by atoms with Gasteiger partial charge in [-0.15, -0.1) is 0 Å². The van der Waals surface area contributed by atoms with Crippen LogP contribution in [-0.4, -0.2) is 22.7 Å². The largest absolute Gasteiger partial charge is 0.458 e. The van der Waals surface area contributed by atoms with Crippen molar-refractivity contribution in [2.45, 2.75) is 38.6 Å². The van der Waals surface area contributed by atoms with Crippen molar-refractivity contribution in [3.05, 3.63) is 30.1 Å². The van der Waals surface area contributed by atoms with Gasteiger partial charge in [0.05, 0.1) is 0 Å². The van der Waals surface area contributed by atoms with Crippen LogP contribution in [-0.2, 0) is 14.3 Å². The summed E-state index contributed by atoms with van der Waals surface area (Å²) in [4.78, 5) is 15.6. The van der Waals surface area contributed by atoms with Crippen molar-refractivity contribution in [3.63, 3.8) is 0 Å². The predicted octanol–water partition coefficient (Wildman–Crippen LogP) is 1.86. The molecule has 2 rings (SSSR count). The zero-order chi connectivity index (χ0) is 11.8. The van der Waals surface area contributed by atoms with Gasteiger partial charge in [-0.3, -0.25) is 4.98 Å². The number of carbonyl (C=O) groups excluding carboxylic acids is 1. The van der Waals surface area contributed by atoms with E-state index in [1.807, 2.05) is 32.9 Å². The second-order valence-electron chi connectivity index (χ2n) is 4.79. The SMILES string of the molecule is CC(C)(C)OC(=O)[C@H]1O[C@H]1c1ccncc1. The molecule has 0 spiro atoms. The maximum absolute atomic E-state index is 11.6. The molecular weight excluding hydrogens is 206 g/mol. The van der Waals surface area contributed by atoms with Crippen molar-refractivity contribution in [1.29, 1.82) is 0 Å². The Bertz CT molecular complexity index is 383. The molecule has 2 heterocycles. The Morgan fingerprint density at radius 3 is 2.56 bits per heavy atom. The number of hydrogen-bond acceptors (Lipinski definition) is 4. The molecule has 0 unspecified atom stereocenters. The molecule has 1 aliphatic rings. The van der Waals surface area contributed by atoms with E-state index in [4.69, 9.17) is 9.47 Å². The Labute approximate surface area is 94.6 Å². The molecule has 1 aromatic rings. The lowest BCUT2D eigenvalue weighted by Gasteiger charge is -2.18. The first kappa shape index (κ1) is 11.1. The summed E-state index contributed by atoms with van der Waals surface area (Å²) < 4.78 is 10.5. The molecule has 0 bridgehead atoms. The summed E-state index contributed by atoms with van der Waals surface area (Å²) in [5, 5.41) is 0. The second-order valence-corrected chi connectivity index (χ2v) is 4.79. The van der Waals surface area contributed by atoms with E-state index in [2.05, 4.69) is 4.98 Å². The number of pyridine rings is 1. The van der Waals surface area contributed by atoms with E-state index in [1.165, 1.54) is 0 Å². The molecule has 16 heavy (non-hydrogen) atoms. The minimum atomic E-state index is -0.466. The molecular formula is C12H15NO3. The highest BCUT2D eigenvalue weighted by atomic mass is 16.6. The van der Waals surface area contributed by atoms with Crippen LogP contribution >= 0.6 is 0 Å². The van der Waals surface area contributed by atoms with Crippen LogP contribution in [0.25, 0.3) is 0 Å². The molecule has 0 amide bonds. The van der Waals surface area contributed by atoms with Gasteiger partial charge in [0, 0.05) is 12.4 Å². The minimum Gasteiger partial charge on any atom is -0.458 e. The summed E-state index contributed by atoms with van der Waals surface area (Å²) in [6, 6.07) is 3.68. The van der Waals surface area contributed by atoms with Crippen molar-refractivity contribution >= 4 is 5.97 Å². The van der Waals surface area contributed by atoms with E-state index in [9.17, 15) is 4.79 Å². The van der Waals surface area contributed by atoms with Crippen molar-refractivity contribution in [2.75, 3.05) is 0 Å². The fourth-order valence-electron chi connectivity index (χ4n) is 1.46. The summed E-state index contributed by atoms with van der Waals surface area (Å²) in [5.74, 6) is -0.297. The number of carbonyl (C=O) groups is 1. The molecule has 86 valence electrons. The quantitative estimate of drug-likeness (QED) is 0.565. The van der Waals surface area contributed by atoms with Gasteiger partial charge >= 0.3 is 5.97 Å². The Balaban J connectivity index is 1.95. The highest BCUT2D eigenvalue weighted by molar-refractivity contribution is 5.78. The van der Waals surface area contributed by atoms with Crippen molar-refractivity contribution in [2.24, 2.45) is 0 Å². The van der Waals surface area contributed by atoms with Gasteiger partial charge in [0.1, 0.15) is 11.7 Å². The molecule has 1 aliphatic heterocycles. The Hall–Kier alpha value is -1.42. The molecule has 0 saturated carbocycles. The number of aromatic nitrogens is 1. The second kappa shape index (κ2) is 3.87. The zero-order valence-corrected chi connectivity index (χ0v) is 9.64. The Morgan fingerprint density at radius 1 is 1.38 bits per heavy atom. The van der Waals surface area contributed by atoms with Gasteiger partial charge < -0.3 is 9.47 Å². The van der Waals surface area contributed by atoms with Gasteiger partial charge in [0.25, 0.3) is 0 Å². The summed E-state index contributed by atoms with van der Waals surface area (Å²) in [7, 11) is 0. The van der Waals surface area contributed by atoms with E-state index in [1.54, 1.807) is 12.4 Å². The van der Waals surface area contributed by atoms with Crippen LogP contribution in [0.3, 0.4) is 0 Å². The van der Waals surface area contributed by atoms with Crippen molar-refractivity contribution in [1.82, 2.24) is 4.98 Å².